The van der Waals surface area contributed by atoms with Crippen LogP contribution in [0.15, 0.2) is 12.7 Å². The molecule has 0 saturated carbocycles. The van der Waals surface area contributed by atoms with Crippen LogP contribution < -0.4 is 11.1 Å². The van der Waals surface area contributed by atoms with E-state index in [-0.39, 0.29) is 31.2 Å². The van der Waals surface area contributed by atoms with Gasteiger partial charge in [-0.3, -0.25) is 18.7 Å². The molecule has 23 heteroatoms. The molecular formula is C28H46F3N10O8SZn-3. The summed E-state index contributed by atoms with van der Waals surface area (Å²) < 4.78 is 64.7. The number of nitrogens with one attached hydrogen (secondary N) is 1. The van der Waals surface area contributed by atoms with Crippen LogP contribution in [0.1, 0.15) is 52.2 Å². The molecule has 0 aliphatic carbocycles. The number of aliphatic hydroxyl groups excluding tert-OH is 2. The van der Waals surface area contributed by atoms with Gasteiger partial charge in [-0.05, 0) is 12.8 Å². The first-order chi connectivity index (χ1) is 23.6. The Balaban J connectivity index is 0.000000945. The van der Waals surface area contributed by atoms with Crippen LogP contribution in [0.4, 0.5) is 19.0 Å². The predicted octanol–water partition coefficient (Wildman–Crippen LogP) is 1.48. The fourth-order valence-electron chi connectivity index (χ4n) is 4.57. The fraction of sp³-hybridized carbons (Fsp3) is 0.750. The van der Waals surface area contributed by atoms with Crippen molar-refractivity contribution in [3.63, 3.8) is 0 Å². The Morgan fingerprint density at radius 1 is 0.980 bits per heavy atom. The first-order valence-electron chi connectivity index (χ1n) is 16.1. The van der Waals surface area contributed by atoms with Crippen LogP contribution in [0.3, 0.4) is 0 Å². The number of nitrogen functional groups attached to an aromatic ring is 1. The summed E-state index contributed by atoms with van der Waals surface area (Å²) in [7, 11) is -5.84. The minimum atomic E-state index is -5.84. The van der Waals surface area contributed by atoms with Crippen molar-refractivity contribution in [2.75, 3.05) is 64.6 Å². The molecule has 51 heavy (non-hydrogen) atoms. The van der Waals surface area contributed by atoms with Crippen LogP contribution in [0, 0.1) is 0 Å². The van der Waals surface area contributed by atoms with E-state index in [0.29, 0.717) is 89.3 Å². The number of ether oxygens (including phenoxy) is 1. The quantitative estimate of drug-likeness (QED) is 0.110. The molecule has 2 aliphatic rings. The minimum absolute atomic E-state index is 0. The van der Waals surface area contributed by atoms with E-state index in [9.17, 15) is 33.0 Å². The van der Waals surface area contributed by atoms with Gasteiger partial charge in [-0.2, -0.15) is 47.8 Å². The maximum atomic E-state index is 12.7. The third kappa shape index (κ3) is 15.1. The zero-order chi connectivity index (χ0) is 37.3. The number of aliphatic hydroxyl groups is 2. The molecule has 4 heterocycles. The van der Waals surface area contributed by atoms with Crippen molar-refractivity contribution >= 4 is 38.9 Å². The number of fused-ring (bicyclic) bond motifs is 1. The van der Waals surface area contributed by atoms with Gasteiger partial charge in [-0.15, -0.1) is 13.1 Å². The molecule has 4 rings (SSSR count). The van der Waals surface area contributed by atoms with Crippen molar-refractivity contribution in [1.82, 2.24) is 29.7 Å². The SMILES string of the molecule is CCC.Nc1ncnc2c1ncn2[C@@H]1O[C@H](C(=O)NCCCCCC(=O)N2CC[N-]CC[N-]CC[N-]CC2)[C@@H](O)[C@H]1O.O=S(=O)(O)C(F)(F)F.[Zn]. The molecule has 2 fully saturated rings. The number of alkyl halides is 3. The van der Waals surface area contributed by atoms with E-state index in [1.165, 1.54) is 23.6 Å². The van der Waals surface area contributed by atoms with E-state index >= 15 is 0 Å². The number of aromatic nitrogens is 4. The second-order valence-corrected chi connectivity index (χ2v) is 12.5. The van der Waals surface area contributed by atoms with E-state index in [1.807, 2.05) is 4.90 Å². The maximum absolute atomic E-state index is 12.7. The number of nitrogens with zero attached hydrogens (tertiary/aromatic N) is 8. The Morgan fingerprint density at radius 2 is 1.53 bits per heavy atom. The van der Waals surface area contributed by atoms with Gasteiger partial charge >= 0.3 is 15.6 Å². The number of carbonyl (C=O) groups excluding carboxylic acids is 2. The van der Waals surface area contributed by atoms with E-state index in [4.69, 9.17) is 23.4 Å². The summed E-state index contributed by atoms with van der Waals surface area (Å²) in [5, 5.41) is 37.0. The number of imidazole rings is 1. The van der Waals surface area contributed by atoms with Crippen molar-refractivity contribution in [2.45, 2.75) is 76.0 Å². The average molecular weight is 805 g/mol. The van der Waals surface area contributed by atoms with Gasteiger partial charge in [0.05, 0.1) is 6.33 Å². The van der Waals surface area contributed by atoms with Gasteiger partial charge in [0.25, 0.3) is 5.91 Å². The molecule has 2 aliphatic heterocycles. The molecule has 0 spiro atoms. The van der Waals surface area contributed by atoms with Crippen LogP contribution in [-0.2, 0) is 43.9 Å². The van der Waals surface area contributed by atoms with E-state index in [0.717, 1.165) is 6.42 Å². The second kappa shape index (κ2) is 23.1. The smallest absolute Gasteiger partial charge is 0.522 e. The van der Waals surface area contributed by atoms with Crippen LogP contribution in [0.2, 0.25) is 0 Å². The Kier molecular flexibility index (Phi) is 21.0. The van der Waals surface area contributed by atoms with Gasteiger partial charge in [0.15, 0.2) is 23.8 Å². The third-order valence-electron chi connectivity index (χ3n) is 7.06. The summed E-state index contributed by atoms with van der Waals surface area (Å²) in [6, 6.07) is 0. The molecule has 18 nitrogen and oxygen atoms in total. The van der Waals surface area contributed by atoms with Gasteiger partial charge in [0.1, 0.15) is 24.1 Å². The molecule has 2 aromatic rings. The molecule has 2 saturated heterocycles. The number of carbonyl (C=O) groups is 2. The Morgan fingerprint density at radius 3 is 2.08 bits per heavy atom. The minimum Gasteiger partial charge on any atom is -0.665 e. The number of halogens is 3. The van der Waals surface area contributed by atoms with E-state index in [2.05, 4.69) is 50.1 Å². The van der Waals surface area contributed by atoms with Crippen molar-refractivity contribution in [3.8, 4) is 0 Å². The molecule has 0 radical (unpaired) electrons. The van der Waals surface area contributed by atoms with Crippen molar-refractivity contribution < 1.29 is 70.2 Å². The molecule has 2 amide bonds. The molecule has 0 unspecified atom stereocenters. The number of nitrogens with two attached hydrogens (primary N) is 1. The Hall–Kier alpha value is -2.63. The topological polar surface area (TPSA) is 265 Å². The molecule has 2 aromatic heterocycles. The first-order valence-corrected chi connectivity index (χ1v) is 17.5. The largest absolute Gasteiger partial charge is 0.665 e. The van der Waals surface area contributed by atoms with Crippen molar-refractivity contribution in [1.29, 1.82) is 0 Å². The van der Waals surface area contributed by atoms with Crippen molar-refractivity contribution in [2.24, 2.45) is 0 Å². The summed E-state index contributed by atoms with van der Waals surface area (Å²) in [5.41, 5.74) is 0.926. The monoisotopic (exact) mass is 803 g/mol. The third-order valence-corrected chi connectivity index (χ3v) is 7.64. The number of hydrogen-bond donors (Lipinski definition) is 5. The molecule has 0 bridgehead atoms. The Labute approximate surface area is 307 Å². The summed E-state index contributed by atoms with van der Waals surface area (Å²) >= 11 is 0. The average Bonchev–Trinajstić information content (AvgIpc) is 3.60. The van der Waals surface area contributed by atoms with Gasteiger partial charge < -0.3 is 46.9 Å². The number of amides is 2. The van der Waals surface area contributed by atoms with Crippen LogP contribution in [0.25, 0.3) is 27.1 Å². The molecule has 6 N–H and O–H groups in total. The van der Waals surface area contributed by atoms with Gasteiger partial charge in [0.2, 0.25) is 5.91 Å². The Bertz CT molecular complexity index is 1430. The number of unbranched alkanes of at least 4 members (excludes halogenated alkanes) is 2. The summed E-state index contributed by atoms with van der Waals surface area (Å²) in [6.07, 6.45) is 1.27. The maximum Gasteiger partial charge on any atom is 0.522 e. The zero-order valence-electron chi connectivity index (χ0n) is 28.7. The number of hydrogen-bond acceptors (Lipinski definition) is 11. The molecule has 288 valence electrons. The number of anilines is 1. The normalized spacial score (nSPS) is 21.8. The summed E-state index contributed by atoms with van der Waals surface area (Å²) in [4.78, 5) is 39.3. The standard InChI is InChI=1S/C24H37N10O5.C3H8.CHF3O3S.Zn/c25-21-17-22(31-14-30-21)34(15-32-17)24-19(37)18(36)20(39-24)23(38)29-5-3-1-2-4-16(35)33-12-10-27-8-6-26-7-9-28-11-13-33;1-3-2;2-1(3,4)8(5,6)7;/h14-15,18-20,24,36-37H,1-13H2,(H,29,38)(H2,25,30,31);3H2,1-2H3;(H,5,6,7);/q-3;;;/t18-,19+,20-,24+;;;/m0.../s1. The molecular weight excluding hydrogens is 759 g/mol. The van der Waals surface area contributed by atoms with E-state index in [1.54, 1.807) is 0 Å². The van der Waals surface area contributed by atoms with Gasteiger partial charge in [-0.25, -0.2) is 15.0 Å². The second-order valence-electron chi connectivity index (χ2n) is 11.1. The van der Waals surface area contributed by atoms with Gasteiger partial charge in [0, 0.05) is 45.5 Å². The fourth-order valence-corrected chi connectivity index (χ4v) is 4.57. The summed E-state index contributed by atoms with van der Waals surface area (Å²) in [6.45, 7) is 9.78. The van der Waals surface area contributed by atoms with Crippen molar-refractivity contribution in [3.05, 3.63) is 28.6 Å². The molecule has 0 aromatic carbocycles. The van der Waals surface area contributed by atoms with Crippen LogP contribution >= 0.6 is 0 Å². The van der Waals surface area contributed by atoms with Crippen LogP contribution in [0.5, 0.6) is 0 Å². The predicted molar refractivity (Wildman–Crippen MR) is 177 cm³/mol. The van der Waals surface area contributed by atoms with Gasteiger partial charge in [-0.1, -0.05) is 26.7 Å². The summed E-state index contributed by atoms with van der Waals surface area (Å²) in [5.74, 6) is -0.268. The first kappa shape index (κ1) is 46.4. The zero-order valence-corrected chi connectivity index (χ0v) is 32.4. The van der Waals surface area contributed by atoms with E-state index < -0.39 is 46.1 Å². The molecule has 4 atom stereocenters. The number of rotatable bonds is 8. The van der Waals surface area contributed by atoms with Crippen LogP contribution in [-0.4, -0.2) is 142 Å².